The molecule has 0 saturated heterocycles. The number of ether oxygens (including phenoxy) is 2. The van der Waals surface area contributed by atoms with Crippen LogP contribution in [0.1, 0.15) is 52.0 Å². The maximum Gasteiger partial charge on any atom is 0.262 e. The molecule has 2 aliphatic heterocycles. The predicted octanol–water partition coefficient (Wildman–Crippen LogP) is 2.64. The summed E-state index contributed by atoms with van der Waals surface area (Å²) in [5, 5.41) is 3.13. The van der Waals surface area contributed by atoms with Crippen LogP contribution in [0.2, 0.25) is 0 Å². The number of benzene rings is 2. The monoisotopic (exact) mass is 406 g/mol. The number of carbonyl (C=O) groups excluding carboxylic acids is 3. The van der Waals surface area contributed by atoms with Gasteiger partial charge in [-0.15, -0.1) is 0 Å². The molecule has 154 valence electrons. The van der Waals surface area contributed by atoms with E-state index in [-0.39, 0.29) is 12.5 Å². The molecule has 1 fully saturated rings. The van der Waals surface area contributed by atoms with E-state index in [1.165, 1.54) is 0 Å². The molecule has 0 radical (unpaired) electrons. The van der Waals surface area contributed by atoms with Gasteiger partial charge in [0.15, 0.2) is 11.5 Å². The van der Waals surface area contributed by atoms with Gasteiger partial charge < -0.3 is 14.8 Å². The summed E-state index contributed by atoms with van der Waals surface area (Å²) in [7, 11) is 0. The summed E-state index contributed by atoms with van der Waals surface area (Å²) in [6.45, 7) is 0.725. The molecule has 2 heterocycles. The SMILES string of the molecule is O=C(CN1C(=O)c2ccccc2C1=O)NC1(c2ccc3c(c2)OCCO3)CCCC1. The van der Waals surface area contributed by atoms with Crippen LogP contribution in [-0.2, 0) is 10.3 Å². The van der Waals surface area contributed by atoms with E-state index in [9.17, 15) is 14.4 Å². The molecular formula is C23H22N2O5. The van der Waals surface area contributed by atoms with Crippen molar-refractivity contribution >= 4 is 17.7 Å². The Hall–Kier alpha value is -3.35. The van der Waals surface area contributed by atoms with Gasteiger partial charge in [0.1, 0.15) is 19.8 Å². The Kier molecular flexibility index (Phi) is 4.46. The summed E-state index contributed by atoms with van der Waals surface area (Å²) in [6.07, 6.45) is 3.56. The average molecular weight is 406 g/mol. The van der Waals surface area contributed by atoms with E-state index in [4.69, 9.17) is 9.47 Å². The lowest BCUT2D eigenvalue weighted by Gasteiger charge is -2.32. The number of nitrogens with one attached hydrogen (secondary N) is 1. The number of carbonyl (C=O) groups is 3. The lowest BCUT2D eigenvalue weighted by molar-refractivity contribution is -0.123. The molecule has 0 atom stereocenters. The molecule has 1 saturated carbocycles. The maximum atomic E-state index is 13.0. The molecule has 0 aromatic heterocycles. The molecule has 2 aromatic rings. The maximum absolute atomic E-state index is 13.0. The highest BCUT2D eigenvalue weighted by molar-refractivity contribution is 6.22. The number of hydrogen-bond donors (Lipinski definition) is 1. The minimum absolute atomic E-state index is 0.293. The summed E-state index contributed by atoms with van der Waals surface area (Å²) < 4.78 is 11.3. The first-order valence-electron chi connectivity index (χ1n) is 10.2. The quantitative estimate of drug-likeness (QED) is 0.789. The second-order valence-electron chi connectivity index (χ2n) is 7.94. The van der Waals surface area contributed by atoms with Crippen LogP contribution in [0.4, 0.5) is 0 Å². The van der Waals surface area contributed by atoms with Gasteiger partial charge in [-0.25, -0.2) is 0 Å². The van der Waals surface area contributed by atoms with Crippen LogP contribution in [-0.4, -0.2) is 42.4 Å². The number of amides is 3. The Morgan fingerprint density at radius 2 is 1.57 bits per heavy atom. The standard InChI is InChI=1S/C23H22N2O5/c26-20(14-25-21(27)16-5-1-2-6-17(16)22(25)28)24-23(9-3-4-10-23)15-7-8-18-19(13-15)30-12-11-29-18/h1-2,5-8,13H,3-4,9-12,14H2,(H,24,26). The normalized spacial score (nSPS) is 19.0. The third-order valence-electron chi connectivity index (χ3n) is 6.11. The molecule has 7 heteroatoms. The van der Waals surface area contributed by atoms with Gasteiger partial charge in [0.05, 0.1) is 16.7 Å². The van der Waals surface area contributed by atoms with E-state index >= 15 is 0 Å². The van der Waals surface area contributed by atoms with Crippen LogP contribution in [0, 0.1) is 0 Å². The molecule has 30 heavy (non-hydrogen) atoms. The summed E-state index contributed by atoms with van der Waals surface area (Å²) in [5.74, 6) is 0.188. The molecule has 0 unspecified atom stereocenters. The van der Waals surface area contributed by atoms with Gasteiger partial charge in [0.25, 0.3) is 11.8 Å². The third kappa shape index (κ3) is 3.01. The summed E-state index contributed by atoms with van der Waals surface area (Å²) in [5.41, 5.74) is 1.11. The Bertz CT molecular complexity index is 1010. The fourth-order valence-corrected chi connectivity index (χ4v) is 4.64. The van der Waals surface area contributed by atoms with Crippen LogP contribution in [0.15, 0.2) is 42.5 Å². The van der Waals surface area contributed by atoms with Gasteiger partial charge in [0, 0.05) is 0 Å². The molecule has 7 nitrogen and oxygen atoms in total. The first-order chi connectivity index (χ1) is 14.6. The van der Waals surface area contributed by atoms with Crippen LogP contribution in [0.25, 0.3) is 0 Å². The summed E-state index contributed by atoms with van der Waals surface area (Å²) in [6, 6.07) is 12.4. The van der Waals surface area contributed by atoms with E-state index in [2.05, 4.69) is 5.32 Å². The zero-order valence-electron chi connectivity index (χ0n) is 16.5. The first kappa shape index (κ1) is 18.7. The van der Waals surface area contributed by atoms with Crippen molar-refractivity contribution < 1.29 is 23.9 Å². The molecule has 5 rings (SSSR count). The topological polar surface area (TPSA) is 84.9 Å². The van der Waals surface area contributed by atoms with Crippen molar-refractivity contribution in [2.24, 2.45) is 0 Å². The minimum atomic E-state index is -0.536. The van der Waals surface area contributed by atoms with E-state index < -0.39 is 17.4 Å². The molecule has 1 aliphatic carbocycles. The zero-order chi connectivity index (χ0) is 20.7. The van der Waals surface area contributed by atoms with Crippen LogP contribution in [0.5, 0.6) is 11.5 Å². The number of imide groups is 1. The van der Waals surface area contributed by atoms with Gasteiger partial charge in [-0.3, -0.25) is 19.3 Å². The summed E-state index contributed by atoms with van der Waals surface area (Å²) in [4.78, 5) is 39.1. The van der Waals surface area contributed by atoms with E-state index in [1.54, 1.807) is 24.3 Å². The second kappa shape index (κ2) is 7.16. The minimum Gasteiger partial charge on any atom is -0.486 e. The Labute approximate surface area is 174 Å². The van der Waals surface area contributed by atoms with Gasteiger partial charge in [0.2, 0.25) is 5.91 Å². The lowest BCUT2D eigenvalue weighted by atomic mass is 9.87. The van der Waals surface area contributed by atoms with Gasteiger partial charge >= 0.3 is 0 Å². The largest absolute Gasteiger partial charge is 0.486 e. The molecule has 0 spiro atoms. The highest BCUT2D eigenvalue weighted by atomic mass is 16.6. The lowest BCUT2D eigenvalue weighted by Crippen LogP contribution is -2.49. The molecule has 3 aliphatic rings. The molecule has 3 amide bonds. The Balaban J connectivity index is 1.36. The number of hydrogen-bond acceptors (Lipinski definition) is 5. The van der Waals surface area contributed by atoms with E-state index in [0.717, 1.165) is 36.1 Å². The fourth-order valence-electron chi connectivity index (χ4n) is 4.64. The number of rotatable bonds is 4. The fraction of sp³-hybridized carbons (Fsp3) is 0.348. The molecule has 1 N–H and O–H groups in total. The Morgan fingerprint density at radius 1 is 0.933 bits per heavy atom. The van der Waals surface area contributed by atoms with Crippen molar-refractivity contribution in [2.45, 2.75) is 31.2 Å². The highest BCUT2D eigenvalue weighted by Gasteiger charge is 2.40. The smallest absolute Gasteiger partial charge is 0.262 e. The van der Waals surface area contributed by atoms with Crippen molar-refractivity contribution in [1.29, 1.82) is 0 Å². The van der Waals surface area contributed by atoms with E-state index in [0.29, 0.717) is 35.8 Å². The molecular weight excluding hydrogens is 384 g/mol. The second-order valence-corrected chi connectivity index (χ2v) is 7.94. The molecule has 2 aromatic carbocycles. The van der Waals surface area contributed by atoms with Crippen LogP contribution >= 0.6 is 0 Å². The van der Waals surface area contributed by atoms with Gasteiger partial charge in [-0.05, 0) is 42.7 Å². The van der Waals surface area contributed by atoms with Crippen LogP contribution < -0.4 is 14.8 Å². The van der Waals surface area contributed by atoms with Crippen molar-refractivity contribution in [2.75, 3.05) is 19.8 Å². The first-order valence-corrected chi connectivity index (χ1v) is 10.2. The number of nitrogens with zero attached hydrogens (tertiary/aromatic N) is 1. The summed E-state index contributed by atoms with van der Waals surface area (Å²) >= 11 is 0. The average Bonchev–Trinajstić information content (AvgIpc) is 3.33. The highest BCUT2D eigenvalue weighted by Crippen LogP contribution is 2.42. The van der Waals surface area contributed by atoms with Crippen molar-refractivity contribution in [3.05, 3.63) is 59.2 Å². The molecule has 0 bridgehead atoms. The van der Waals surface area contributed by atoms with Crippen molar-refractivity contribution in [1.82, 2.24) is 10.2 Å². The van der Waals surface area contributed by atoms with Crippen molar-refractivity contribution in [3.8, 4) is 11.5 Å². The zero-order valence-corrected chi connectivity index (χ0v) is 16.5. The number of fused-ring (bicyclic) bond motifs is 2. The van der Waals surface area contributed by atoms with Gasteiger partial charge in [-0.2, -0.15) is 0 Å². The third-order valence-corrected chi connectivity index (χ3v) is 6.11. The van der Waals surface area contributed by atoms with Crippen molar-refractivity contribution in [3.63, 3.8) is 0 Å². The van der Waals surface area contributed by atoms with Crippen LogP contribution in [0.3, 0.4) is 0 Å². The van der Waals surface area contributed by atoms with E-state index in [1.807, 2.05) is 18.2 Å². The van der Waals surface area contributed by atoms with Gasteiger partial charge in [-0.1, -0.05) is 31.0 Å². The Morgan fingerprint density at radius 3 is 2.23 bits per heavy atom. The predicted molar refractivity (Wildman–Crippen MR) is 108 cm³/mol.